The fourth-order valence-electron chi connectivity index (χ4n) is 4.62. The van der Waals surface area contributed by atoms with Gasteiger partial charge in [0, 0.05) is 48.9 Å². The summed E-state index contributed by atoms with van der Waals surface area (Å²) in [5.41, 5.74) is 2.44. The fraction of sp³-hybridized carbons (Fsp3) is 0.458. The standard InChI is InChI=1S/C24H28N4O2S2/c29-21(28-13-11-27(12-14-28)17-6-2-1-3-7-17)10-15-31-16-20-25-23(30)22-18-8-4-5-9-19(18)32-24(22)26-20/h1-3,6-7H,4-5,8-16H2,(H,25,26,30). The number of fused-ring (bicyclic) bond motifs is 3. The number of hydrogen-bond acceptors (Lipinski definition) is 6. The topological polar surface area (TPSA) is 69.3 Å². The average Bonchev–Trinajstić information content (AvgIpc) is 3.21. The summed E-state index contributed by atoms with van der Waals surface area (Å²) in [7, 11) is 0. The molecule has 2 aliphatic rings. The van der Waals surface area contributed by atoms with Gasteiger partial charge in [-0.2, -0.15) is 11.8 Å². The van der Waals surface area contributed by atoms with Crippen LogP contribution in [0.25, 0.3) is 10.2 Å². The van der Waals surface area contributed by atoms with Crippen molar-refractivity contribution in [1.29, 1.82) is 0 Å². The first-order valence-corrected chi connectivity index (χ1v) is 13.3. The Bertz CT molecular complexity index is 1150. The highest BCUT2D eigenvalue weighted by molar-refractivity contribution is 7.98. The van der Waals surface area contributed by atoms with Gasteiger partial charge in [-0.25, -0.2) is 4.98 Å². The third kappa shape index (κ3) is 4.57. The van der Waals surface area contributed by atoms with Gasteiger partial charge in [0.05, 0.1) is 11.1 Å². The van der Waals surface area contributed by atoms with Crippen LogP contribution >= 0.6 is 23.1 Å². The maximum absolute atomic E-state index is 12.6. The van der Waals surface area contributed by atoms with E-state index in [0.29, 0.717) is 12.2 Å². The molecule has 0 bridgehead atoms. The number of benzene rings is 1. The number of anilines is 1. The number of thioether (sulfide) groups is 1. The van der Waals surface area contributed by atoms with Gasteiger partial charge in [0.25, 0.3) is 5.56 Å². The minimum atomic E-state index is -0.00244. The van der Waals surface area contributed by atoms with Gasteiger partial charge in [0.1, 0.15) is 10.7 Å². The van der Waals surface area contributed by atoms with Crippen LogP contribution in [0.5, 0.6) is 0 Å². The lowest BCUT2D eigenvalue weighted by molar-refractivity contribution is -0.131. The SMILES string of the molecule is O=C(CCSCc1nc2sc3c(c2c(=O)[nH]1)CCCC3)N1CCN(c2ccccc2)CC1. The van der Waals surface area contributed by atoms with E-state index in [1.54, 1.807) is 23.1 Å². The van der Waals surface area contributed by atoms with Gasteiger partial charge in [-0.05, 0) is 43.4 Å². The molecule has 3 aromatic rings. The predicted octanol–water partition coefficient (Wildman–Crippen LogP) is 3.84. The molecule has 8 heteroatoms. The Hall–Kier alpha value is -2.32. The Morgan fingerprint density at radius 2 is 1.88 bits per heavy atom. The van der Waals surface area contributed by atoms with E-state index in [1.807, 2.05) is 11.0 Å². The summed E-state index contributed by atoms with van der Waals surface area (Å²) in [6, 6.07) is 10.4. The molecule has 1 N–H and O–H groups in total. The molecule has 1 saturated heterocycles. The van der Waals surface area contributed by atoms with Gasteiger partial charge in [0.15, 0.2) is 0 Å². The van der Waals surface area contributed by atoms with E-state index in [-0.39, 0.29) is 11.5 Å². The van der Waals surface area contributed by atoms with E-state index >= 15 is 0 Å². The Morgan fingerprint density at radius 3 is 2.69 bits per heavy atom. The van der Waals surface area contributed by atoms with Gasteiger partial charge >= 0.3 is 0 Å². The quantitative estimate of drug-likeness (QED) is 0.557. The first-order chi connectivity index (χ1) is 15.7. The fourth-order valence-corrected chi connectivity index (χ4v) is 6.69. The molecular formula is C24H28N4O2S2. The molecule has 1 amide bonds. The van der Waals surface area contributed by atoms with Crippen molar-refractivity contribution in [1.82, 2.24) is 14.9 Å². The van der Waals surface area contributed by atoms with Crippen molar-refractivity contribution in [3.63, 3.8) is 0 Å². The number of aromatic amines is 1. The Morgan fingerprint density at radius 1 is 1.09 bits per heavy atom. The number of piperazine rings is 1. The molecule has 1 fully saturated rings. The van der Waals surface area contributed by atoms with Crippen molar-refractivity contribution in [3.8, 4) is 0 Å². The number of H-pyrrole nitrogens is 1. The molecule has 1 aliphatic heterocycles. The number of nitrogens with zero attached hydrogens (tertiary/aromatic N) is 3. The first-order valence-electron chi connectivity index (χ1n) is 11.4. The van der Waals surface area contributed by atoms with Crippen LogP contribution < -0.4 is 10.5 Å². The molecule has 1 aliphatic carbocycles. The Labute approximate surface area is 196 Å². The van der Waals surface area contributed by atoms with Crippen molar-refractivity contribution in [3.05, 3.63) is 57.0 Å². The van der Waals surface area contributed by atoms with E-state index in [1.165, 1.54) is 22.5 Å². The third-order valence-electron chi connectivity index (χ3n) is 6.33. The zero-order chi connectivity index (χ0) is 21.9. The van der Waals surface area contributed by atoms with Gasteiger partial charge in [-0.15, -0.1) is 11.3 Å². The molecule has 3 heterocycles. The van der Waals surface area contributed by atoms with Crippen molar-refractivity contribution in [2.75, 3.05) is 36.8 Å². The number of carbonyl (C=O) groups excluding carboxylic acids is 1. The van der Waals surface area contributed by atoms with Crippen molar-refractivity contribution in [2.45, 2.75) is 37.9 Å². The van der Waals surface area contributed by atoms with Crippen LogP contribution in [-0.2, 0) is 23.4 Å². The summed E-state index contributed by atoms with van der Waals surface area (Å²) in [6.45, 7) is 3.29. The maximum Gasteiger partial charge on any atom is 0.259 e. The van der Waals surface area contributed by atoms with Crippen molar-refractivity contribution >= 4 is 44.9 Å². The van der Waals surface area contributed by atoms with E-state index in [0.717, 1.165) is 67.2 Å². The van der Waals surface area contributed by atoms with E-state index < -0.39 is 0 Å². The minimum absolute atomic E-state index is 0.00244. The second-order valence-corrected chi connectivity index (χ2v) is 10.6. The first kappa shape index (κ1) is 21.5. The molecule has 0 atom stereocenters. The van der Waals surface area contributed by atoms with Crippen molar-refractivity contribution < 1.29 is 4.79 Å². The number of aromatic nitrogens is 2. The number of nitrogens with one attached hydrogen (secondary N) is 1. The molecule has 5 rings (SSSR count). The highest BCUT2D eigenvalue weighted by Crippen LogP contribution is 2.33. The molecule has 32 heavy (non-hydrogen) atoms. The zero-order valence-corrected chi connectivity index (χ0v) is 19.8. The predicted molar refractivity (Wildman–Crippen MR) is 133 cm³/mol. The van der Waals surface area contributed by atoms with Crippen LogP contribution in [0.2, 0.25) is 0 Å². The summed E-state index contributed by atoms with van der Waals surface area (Å²) in [5.74, 6) is 2.30. The summed E-state index contributed by atoms with van der Waals surface area (Å²) in [6.07, 6.45) is 4.95. The largest absolute Gasteiger partial charge is 0.368 e. The minimum Gasteiger partial charge on any atom is -0.368 e. The van der Waals surface area contributed by atoms with Crippen LogP contribution in [0.3, 0.4) is 0 Å². The molecular weight excluding hydrogens is 440 g/mol. The summed E-state index contributed by atoms with van der Waals surface area (Å²) in [4.78, 5) is 39.5. The van der Waals surface area contributed by atoms with Gasteiger partial charge in [-0.3, -0.25) is 9.59 Å². The number of hydrogen-bond donors (Lipinski definition) is 1. The monoisotopic (exact) mass is 468 g/mol. The van der Waals surface area contributed by atoms with Crippen LogP contribution in [0.15, 0.2) is 35.1 Å². The molecule has 168 valence electrons. The molecule has 2 aromatic heterocycles. The van der Waals surface area contributed by atoms with Crippen LogP contribution in [0, 0.1) is 0 Å². The smallest absolute Gasteiger partial charge is 0.259 e. The third-order valence-corrected chi connectivity index (χ3v) is 8.48. The molecule has 0 unspecified atom stereocenters. The highest BCUT2D eigenvalue weighted by atomic mass is 32.2. The van der Waals surface area contributed by atoms with E-state index in [9.17, 15) is 9.59 Å². The van der Waals surface area contributed by atoms with Crippen LogP contribution in [-0.4, -0.2) is 52.7 Å². The average molecular weight is 469 g/mol. The lowest BCUT2D eigenvalue weighted by Crippen LogP contribution is -2.48. The molecule has 0 radical (unpaired) electrons. The van der Waals surface area contributed by atoms with Crippen molar-refractivity contribution in [2.24, 2.45) is 0 Å². The number of thiophene rings is 1. The van der Waals surface area contributed by atoms with Crippen LogP contribution in [0.1, 0.15) is 35.5 Å². The lowest BCUT2D eigenvalue weighted by Gasteiger charge is -2.36. The lowest BCUT2D eigenvalue weighted by atomic mass is 9.97. The molecule has 0 saturated carbocycles. The summed E-state index contributed by atoms with van der Waals surface area (Å²) >= 11 is 3.35. The van der Waals surface area contributed by atoms with E-state index in [2.05, 4.69) is 34.1 Å². The van der Waals surface area contributed by atoms with Crippen LogP contribution in [0.4, 0.5) is 5.69 Å². The van der Waals surface area contributed by atoms with E-state index in [4.69, 9.17) is 4.98 Å². The second kappa shape index (κ2) is 9.67. The molecule has 6 nitrogen and oxygen atoms in total. The molecule has 1 aromatic carbocycles. The van der Waals surface area contributed by atoms with Gasteiger partial charge < -0.3 is 14.8 Å². The number of amides is 1. The second-order valence-electron chi connectivity index (χ2n) is 8.41. The molecule has 0 spiro atoms. The highest BCUT2D eigenvalue weighted by Gasteiger charge is 2.22. The number of aryl methyl sites for hydroxylation is 2. The summed E-state index contributed by atoms with van der Waals surface area (Å²) < 4.78 is 0. The maximum atomic E-state index is 12.6. The number of rotatable bonds is 6. The van der Waals surface area contributed by atoms with Gasteiger partial charge in [-0.1, -0.05) is 18.2 Å². The Balaban J connectivity index is 1.10. The number of carbonyl (C=O) groups is 1. The number of para-hydroxylation sites is 1. The zero-order valence-electron chi connectivity index (χ0n) is 18.1. The summed E-state index contributed by atoms with van der Waals surface area (Å²) in [5, 5.41) is 0.809. The van der Waals surface area contributed by atoms with Gasteiger partial charge in [0.2, 0.25) is 5.91 Å². The normalized spacial score (nSPS) is 16.4. The Kier molecular flexibility index (Phi) is 6.50.